The SMILES string of the molecule is O=C(NOCCNC(=O)c1oc2ccccc2c1CCc1cccc(OC(F)(F)F)c1)c1ccccc1. The number of nitrogens with one attached hydrogen (secondary N) is 2. The number of furan rings is 1. The van der Waals surface area contributed by atoms with Crippen LogP contribution in [0.2, 0.25) is 0 Å². The number of carbonyl (C=O) groups excluding carboxylic acids is 2. The Morgan fingerprint density at radius 2 is 1.62 bits per heavy atom. The number of rotatable bonds is 10. The third-order valence-corrected chi connectivity index (χ3v) is 5.39. The fourth-order valence-electron chi connectivity index (χ4n) is 3.76. The highest BCUT2D eigenvalue weighted by atomic mass is 19.4. The van der Waals surface area contributed by atoms with Gasteiger partial charge in [-0.1, -0.05) is 48.5 Å². The van der Waals surface area contributed by atoms with E-state index in [0.29, 0.717) is 35.1 Å². The van der Waals surface area contributed by atoms with E-state index < -0.39 is 18.2 Å². The van der Waals surface area contributed by atoms with Gasteiger partial charge in [-0.25, -0.2) is 5.48 Å². The maximum atomic E-state index is 12.9. The molecule has 7 nitrogen and oxygen atoms in total. The molecule has 0 saturated heterocycles. The van der Waals surface area contributed by atoms with Gasteiger partial charge in [-0.3, -0.25) is 14.4 Å². The average Bonchev–Trinajstić information content (AvgIpc) is 3.25. The summed E-state index contributed by atoms with van der Waals surface area (Å²) in [5, 5.41) is 3.43. The monoisotopic (exact) mass is 512 g/mol. The molecule has 192 valence electrons. The van der Waals surface area contributed by atoms with E-state index in [4.69, 9.17) is 9.25 Å². The highest BCUT2D eigenvalue weighted by molar-refractivity contribution is 5.99. The van der Waals surface area contributed by atoms with Crippen molar-refractivity contribution in [1.29, 1.82) is 0 Å². The lowest BCUT2D eigenvalue weighted by Crippen LogP contribution is -2.31. The highest BCUT2D eigenvalue weighted by Crippen LogP contribution is 2.28. The number of fused-ring (bicyclic) bond motifs is 1. The van der Waals surface area contributed by atoms with Crippen molar-refractivity contribution in [3.63, 3.8) is 0 Å². The largest absolute Gasteiger partial charge is 0.573 e. The Kier molecular flexibility index (Phi) is 8.09. The van der Waals surface area contributed by atoms with Crippen LogP contribution >= 0.6 is 0 Å². The van der Waals surface area contributed by atoms with Crippen molar-refractivity contribution in [2.75, 3.05) is 13.2 Å². The fraction of sp³-hybridized carbons (Fsp3) is 0.185. The first-order chi connectivity index (χ1) is 17.8. The number of carbonyl (C=O) groups is 2. The molecule has 0 aliphatic rings. The minimum Gasteiger partial charge on any atom is -0.451 e. The van der Waals surface area contributed by atoms with Crippen molar-refractivity contribution < 1.29 is 36.8 Å². The zero-order valence-electron chi connectivity index (χ0n) is 19.5. The maximum Gasteiger partial charge on any atom is 0.573 e. The molecule has 1 aromatic heterocycles. The lowest BCUT2D eigenvalue weighted by Gasteiger charge is -2.10. The van der Waals surface area contributed by atoms with Crippen LogP contribution in [0, 0.1) is 0 Å². The molecule has 0 unspecified atom stereocenters. The quantitative estimate of drug-likeness (QED) is 0.225. The van der Waals surface area contributed by atoms with Gasteiger partial charge in [0, 0.05) is 23.1 Å². The lowest BCUT2D eigenvalue weighted by molar-refractivity contribution is -0.274. The van der Waals surface area contributed by atoms with Gasteiger partial charge in [-0.15, -0.1) is 13.2 Å². The molecule has 2 amide bonds. The normalized spacial score (nSPS) is 11.3. The topological polar surface area (TPSA) is 89.8 Å². The molecule has 2 N–H and O–H groups in total. The third-order valence-electron chi connectivity index (χ3n) is 5.39. The standard InChI is InChI=1S/C27H23F3N2O5/c28-27(29,30)37-20-10-6-7-18(17-20)13-14-22-21-11-4-5-12-23(21)36-24(22)26(34)31-15-16-35-32-25(33)19-8-2-1-3-9-19/h1-12,17H,13-16H2,(H,31,34)(H,32,33). The molecular weight excluding hydrogens is 489 g/mol. The summed E-state index contributed by atoms with van der Waals surface area (Å²) >= 11 is 0. The molecule has 0 bridgehead atoms. The van der Waals surface area contributed by atoms with Gasteiger partial charge in [0.2, 0.25) is 0 Å². The summed E-state index contributed by atoms with van der Waals surface area (Å²) in [6.45, 7) is 0.118. The summed E-state index contributed by atoms with van der Waals surface area (Å²) < 4.78 is 47.5. The van der Waals surface area contributed by atoms with Crippen LogP contribution in [0.15, 0.2) is 83.3 Å². The molecule has 0 spiro atoms. The molecule has 3 aromatic carbocycles. The minimum atomic E-state index is -4.78. The van der Waals surface area contributed by atoms with Crippen molar-refractivity contribution in [3.05, 3.63) is 101 Å². The predicted octanol–water partition coefficient (Wildman–Crippen LogP) is 5.21. The van der Waals surface area contributed by atoms with Crippen molar-refractivity contribution >= 4 is 22.8 Å². The van der Waals surface area contributed by atoms with Gasteiger partial charge in [0.05, 0.1) is 6.61 Å². The number of halogens is 3. The Labute approximate surface area is 210 Å². The molecule has 0 atom stereocenters. The highest BCUT2D eigenvalue weighted by Gasteiger charge is 2.31. The van der Waals surface area contributed by atoms with Crippen LogP contribution in [-0.4, -0.2) is 31.3 Å². The van der Waals surface area contributed by atoms with E-state index in [1.807, 2.05) is 12.1 Å². The number of aryl methyl sites for hydroxylation is 2. The van der Waals surface area contributed by atoms with Gasteiger partial charge in [0.15, 0.2) is 5.76 Å². The number of alkyl halides is 3. The molecule has 4 aromatic rings. The second kappa shape index (κ2) is 11.6. The van der Waals surface area contributed by atoms with Gasteiger partial charge < -0.3 is 14.5 Å². The summed E-state index contributed by atoms with van der Waals surface area (Å²) in [5.41, 5.74) is 4.51. The molecule has 0 saturated carbocycles. The molecular formula is C27H23F3N2O5. The van der Waals surface area contributed by atoms with Gasteiger partial charge in [-0.05, 0) is 48.7 Å². The number of benzene rings is 3. The first-order valence-electron chi connectivity index (χ1n) is 11.4. The predicted molar refractivity (Wildman–Crippen MR) is 129 cm³/mol. The number of para-hydroxylation sites is 1. The van der Waals surface area contributed by atoms with Gasteiger partial charge >= 0.3 is 6.36 Å². The first-order valence-corrected chi connectivity index (χ1v) is 11.4. The zero-order valence-corrected chi connectivity index (χ0v) is 19.5. The summed E-state index contributed by atoms with van der Waals surface area (Å²) in [6.07, 6.45) is -4.08. The second-order valence-corrected chi connectivity index (χ2v) is 8.00. The van der Waals surface area contributed by atoms with E-state index in [9.17, 15) is 22.8 Å². The molecule has 0 radical (unpaired) electrons. The smallest absolute Gasteiger partial charge is 0.451 e. The van der Waals surface area contributed by atoms with E-state index in [0.717, 1.165) is 5.39 Å². The number of hydroxylamine groups is 1. The van der Waals surface area contributed by atoms with Crippen molar-refractivity contribution in [2.24, 2.45) is 0 Å². The lowest BCUT2D eigenvalue weighted by atomic mass is 10.0. The molecule has 1 heterocycles. The van der Waals surface area contributed by atoms with Crippen LogP contribution in [0.25, 0.3) is 11.0 Å². The average molecular weight is 512 g/mol. The number of amides is 2. The third kappa shape index (κ3) is 7.11. The van der Waals surface area contributed by atoms with Crippen LogP contribution in [0.4, 0.5) is 13.2 Å². The number of hydrogen-bond acceptors (Lipinski definition) is 5. The molecule has 0 aliphatic heterocycles. The Morgan fingerprint density at radius 3 is 2.41 bits per heavy atom. The summed E-state index contributed by atoms with van der Waals surface area (Å²) in [4.78, 5) is 30.0. The Balaban J connectivity index is 1.37. The van der Waals surface area contributed by atoms with Crippen molar-refractivity contribution in [1.82, 2.24) is 10.8 Å². The van der Waals surface area contributed by atoms with E-state index in [2.05, 4.69) is 15.5 Å². The number of ether oxygens (including phenoxy) is 1. The van der Waals surface area contributed by atoms with Crippen LogP contribution < -0.4 is 15.5 Å². The zero-order chi connectivity index (χ0) is 26.3. The van der Waals surface area contributed by atoms with Crippen molar-refractivity contribution in [2.45, 2.75) is 19.2 Å². The van der Waals surface area contributed by atoms with E-state index in [1.54, 1.807) is 48.5 Å². The Bertz CT molecular complexity index is 1370. The second-order valence-electron chi connectivity index (χ2n) is 8.00. The molecule has 0 aliphatic carbocycles. The fourth-order valence-corrected chi connectivity index (χ4v) is 3.76. The van der Waals surface area contributed by atoms with Crippen LogP contribution in [0.1, 0.15) is 32.0 Å². The molecule has 37 heavy (non-hydrogen) atoms. The minimum absolute atomic E-state index is 0.0197. The summed E-state index contributed by atoms with van der Waals surface area (Å²) in [5.74, 6) is -1.08. The van der Waals surface area contributed by atoms with E-state index >= 15 is 0 Å². The van der Waals surface area contributed by atoms with Crippen LogP contribution in [0.5, 0.6) is 5.75 Å². The Hall–Kier alpha value is -4.31. The van der Waals surface area contributed by atoms with Crippen LogP contribution in [0.3, 0.4) is 0 Å². The van der Waals surface area contributed by atoms with Gasteiger partial charge in [-0.2, -0.15) is 0 Å². The van der Waals surface area contributed by atoms with Gasteiger partial charge in [0.1, 0.15) is 11.3 Å². The van der Waals surface area contributed by atoms with Gasteiger partial charge in [0.25, 0.3) is 11.8 Å². The summed E-state index contributed by atoms with van der Waals surface area (Å²) in [6, 6.07) is 21.4. The molecule has 0 fully saturated rings. The van der Waals surface area contributed by atoms with E-state index in [-0.39, 0.29) is 24.7 Å². The van der Waals surface area contributed by atoms with Crippen LogP contribution in [-0.2, 0) is 17.7 Å². The first kappa shape index (κ1) is 25.8. The Morgan fingerprint density at radius 1 is 0.865 bits per heavy atom. The van der Waals surface area contributed by atoms with Crippen molar-refractivity contribution in [3.8, 4) is 5.75 Å². The molecule has 10 heteroatoms. The molecule has 4 rings (SSSR count). The number of hydrogen-bond donors (Lipinski definition) is 2. The summed E-state index contributed by atoms with van der Waals surface area (Å²) in [7, 11) is 0. The van der Waals surface area contributed by atoms with E-state index in [1.165, 1.54) is 18.2 Å². The maximum absolute atomic E-state index is 12.9.